The Hall–Kier alpha value is -2.74. The lowest BCUT2D eigenvalue weighted by Crippen LogP contribution is -2.00. The Morgan fingerprint density at radius 3 is 2.85 bits per heavy atom. The van der Waals surface area contributed by atoms with Crippen molar-refractivity contribution in [3.05, 3.63) is 47.8 Å². The number of nitrogen functional groups attached to an aromatic ring is 1. The molecule has 0 bridgehead atoms. The summed E-state index contributed by atoms with van der Waals surface area (Å²) in [6.45, 7) is 2.36. The highest BCUT2D eigenvalue weighted by Gasteiger charge is 2.09. The van der Waals surface area contributed by atoms with E-state index in [2.05, 4.69) is 5.32 Å². The average Bonchev–Trinajstić information content (AvgIpc) is 2.43. The van der Waals surface area contributed by atoms with Crippen LogP contribution in [0.2, 0.25) is 0 Å². The van der Waals surface area contributed by atoms with Crippen LogP contribution in [0.4, 0.5) is 21.5 Å². The molecule has 0 atom stereocenters. The van der Waals surface area contributed by atoms with Gasteiger partial charge in [0.1, 0.15) is 23.2 Å². The van der Waals surface area contributed by atoms with Crippen LogP contribution in [0.15, 0.2) is 36.4 Å². The number of nitrogens with two attached hydrogens (primary N) is 1. The van der Waals surface area contributed by atoms with Crippen molar-refractivity contribution >= 4 is 17.1 Å². The minimum absolute atomic E-state index is 0.0257. The van der Waals surface area contributed by atoms with E-state index < -0.39 is 5.82 Å². The maximum atomic E-state index is 13.5. The van der Waals surface area contributed by atoms with E-state index in [0.29, 0.717) is 29.4 Å². The zero-order chi connectivity index (χ0) is 14.5. The second kappa shape index (κ2) is 5.93. The van der Waals surface area contributed by atoms with E-state index in [1.165, 1.54) is 6.07 Å². The lowest BCUT2D eigenvalue weighted by molar-refractivity contribution is 0.342. The van der Waals surface area contributed by atoms with Gasteiger partial charge in [-0.3, -0.25) is 0 Å². The fraction of sp³-hybridized carbons (Fsp3) is 0.133. The van der Waals surface area contributed by atoms with Crippen molar-refractivity contribution in [1.82, 2.24) is 0 Å². The Morgan fingerprint density at radius 2 is 2.15 bits per heavy atom. The van der Waals surface area contributed by atoms with E-state index in [1.54, 1.807) is 30.3 Å². The number of halogens is 1. The first-order chi connectivity index (χ1) is 9.65. The number of nitriles is 1. The summed E-state index contributed by atoms with van der Waals surface area (Å²) in [4.78, 5) is 0. The zero-order valence-corrected chi connectivity index (χ0v) is 11.0. The molecule has 0 unspecified atom stereocenters. The van der Waals surface area contributed by atoms with Crippen LogP contribution in [0, 0.1) is 17.1 Å². The molecule has 0 fully saturated rings. The highest BCUT2D eigenvalue weighted by Crippen LogP contribution is 2.29. The van der Waals surface area contributed by atoms with Crippen molar-refractivity contribution in [2.45, 2.75) is 6.92 Å². The summed E-state index contributed by atoms with van der Waals surface area (Å²) >= 11 is 0. The second-order valence-corrected chi connectivity index (χ2v) is 4.08. The van der Waals surface area contributed by atoms with Crippen molar-refractivity contribution in [2.75, 3.05) is 17.7 Å². The molecule has 4 nitrogen and oxygen atoms in total. The molecule has 0 aromatic heterocycles. The molecule has 2 aromatic rings. The standard InChI is InChI=1S/C15H14FN3O/c1-2-20-15-8-10(6-7-13(15)18)19-14-5-3-4-12(16)11(14)9-17/h3-8,19H,2,18H2,1H3. The van der Waals surface area contributed by atoms with E-state index in [9.17, 15) is 4.39 Å². The zero-order valence-electron chi connectivity index (χ0n) is 11.0. The number of benzene rings is 2. The van der Waals surface area contributed by atoms with Gasteiger partial charge in [-0.25, -0.2) is 4.39 Å². The number of anilines is 3. The van der Waals surface area contributed by atoms with Crippen LogP contribution in [0.25, 0.3) is 0 Å². The Kier molecular flexibility index (Phi) is 4.06. The van der Waals surface area contributed by atoms with Gasteiger partial charge in [-0.1, -0.05) is 6.07 Å². The van der Waals surface area contributed by atoms with E-state index in [0.717, 1.165) is 0 Å². The lowest BCUT2D eigenvalue weighted by atomic mass is 10.1. The molecule has 0 aliphatic heterocycles. The van der Waals surface area contributed by atoms with Gasteiger partial charge >= 0.3 is 0 Å². The molecule has 0 aliphatic carbocycles. The summed E-state index contributed by atoms with van der Waals surface area (Å²) < 4.78 is 18.9. The normalized spacial score (nSPS) is 9.85. The van der Waals surface area contributed by atoms with Gasteiger partial charge in [0.2, 0.25) is 0 Å². The van der Waals surface area contributed by atoms with Crippen LogP contribution >= 0.6 is 0 Å². The fourth-order valence-corrected chi connectivity index (χ4v) is 1.79. The third-order valence-electron chi connectivity index (χ3n) is 2.72. The Bertz CT molecular complexity index is 665. The number of nitrogens with one attached hydrogen (secondary N) is 1. The van der Waals surface area contributed by atoms with Gasteiger partial charge in [0, 0.05) is 11.8 Å². The smallest absolute Gasteiger partial charge is 0.144 e. The minimum Gasteiger partial charge on any atom is -0.492 e. The summed E-state index contributed by atoms with van der Waals surface area (Å²) in [5, 5.41) is 12.0. The summed E-state index contributed by atoms with van der Waals surface area (Å²) in [5.41, 5.74) is 7.36. The molecule has 0 saturated heterocycles. The quantitative estimate of drug-likeness (QED) is 0.836. The van der Waals surface area contributed by atoms with E-state index in [-0.39, 0.29) is 5.56 Å². The first kappa shape index (κ1) is 13.7. The summed E-state index contributed by atoms with van der Waals surface area (Å²) in [6, 6.07) is 11.4. The van der Waals surface area contributed by atoms with Crippen molar-refractivity contribution < 1.29 is 9.13 Å². The maximum absolute atomic E-state index is 13.5. The highest BCUT2D eigenvalue weighted by atomic mass is 19.1. The largest absolute Gasteiger partial charge is 0.492 e. The SMILES string of the molecule is CCOc1cc(Nc2cccc(F)c2C#N)ccc1N. The first-order valence-electron chi connectivity index (χ1n) is 6.13. The number of rotatable bonds is 4. The summed E-state index contributed by atoms with van der Waals surface area (Å²) in [6.07, 6.45) is 0. The van der Waals surface area contributed by atoms with E-state index in [1.807, 2.05) is 13.0 Å². The molecule has 0 heterocycles. The van der Waals surface area contributed by atoms with Gasteiger partial charge in [-0.15, -0.1) is 0 Å². The third-order valence-corrected chi connectivity index (χ3v) is 2.72. The molecular formula is C15H14FN3O. The van der Waals surface area contributed by atoms with Crippen LogP contribution in [0.5, 0.6) is 5.75 Å². The van der Waals surface area contributed by atoms with Crippen LogP contribution in [-0.2, 0) is 0 Å². The number of ether oxygens (including phenoxy) is 1. The fourth-order valence-electron chi connectivity index (χ4n) is 1.79. The topological polar surface area (TPSA) is 71.1 Å². The average molecular weight is 271 g/mol. The second-order valence-electron chi connectivity index (χ2n) is 4.08. The van der Waals surface area contributed by atoms with Gasteiger partial charge in [0.25, 0.3) is 0 Å². The van der Waals surface area contributed by atoms with Crippen LogP contribution < -0.4 is 15.8 Å². The highest BCUT2D eigenvalue weighted by molar-refractivity contribution is 5.70. The van der Waals surface area contributed by atoms with E-state index in [4.69, 9.17) is 15.7 Å². The van der Waals surface area contributed by atoms with Crippen LogP contribution in [-0.4, -0.2) is 6.61 Å². The van der Waals surface area contributed by atoms with Crippen molar-refractivity contribution in [1.29, 1.82) is 5.26 Å². The first-order valence-corrected chi connectivity index (χ1v) is 6.13. The Morgan fingerprint density at radius 1 is 1.35 bits per heavy atom. The Balaban J connectivity index is 2.34. The molecule has 5 heteroatoms. The van der Waals surface area contributed by atoms with Crippen molar-refractivity contribution in [2.24, 2.45) is 0 Å². The molecule has 0 amide bonds. The molecular weight excluding hydrogens is 257 g/mol. The van der Waals surface area contributed by atoms with E-state index >= 15 is 0 Å². The summed E-state index contributed by atoms with van der Waals surface area (Å²) in [5.74, 6) is -0.00890. The van der Waals surface area contributed by atoms with Crippen LogP contribution in [0.3, 0.4) is 0 Å². The molecule has 0 aliphatic rings. The molecule has 3 N–H and O–H groups in total. The van der Waals surface area contributed by atoms with Gasteiger partial charge in [0.15, 0.2) is 0 Å². The van der Waals surface area contributed by atoms with Crippen molar-refractivity contribution in [3.8, 4) is 11.8 Å². The van der Waals surface area contributed by atoms with Gasteiger partial charge in [-0.2, -0.15) is 5.26 Å². The number of hydrogen-bond donors (Lipinski definition) is 2. The molecule has 0 spiro atoms. The molecule has 2 aromatic carbocycles. The van der Waals surface area contributed by atoms with Crippen LogP contribution in [0.1, 0.15) is 12.5 Å². The Labute approximate surface area is 116 Å². The molecule has 20 heavy (non-hydrogen) atoms. The molecule has 2 rings (SSSR count). The molecule has 0 saturated carbocycles. The number of nitrogens with zero attached hydrogens (tertiary/aromatic N) is 1. The van der Waals surface area contributed by atoms with Gasteiger partial charge < -0.3 is 15.8 Å². The third kappa shape index (κ3) is 2.81. The molecule has 102 valence electrons. The summed E-state index contributed by atoms with van der Waals surface area (Å²) in [7, 11) is 0. The monoisotopic (exact) mass is 271 g/mol. The predicted molar refractivity (Wildman–Crippen MR) is 76.4 cm³/mol. The lowest BCUT2D eigenvalue weighted by Gasteiger charge is -2.12. The molecule has 0 radical (unpaired) electrons. The maximum Gasteiger partial charge on any atom is 0.144 e. The minimum atomic E-state index is -0.557. The number of hydrogen-bond acceptors (Lipinski definition) is 4. The van der Waals surface area contributed by atoms with Gasteiger partial charge in [0.05, 0.1) is 18.0 Å². The van der Waals surface area contributed by atoms with Gasteiger partial charge in [-0.05, 0) is 31.2 Å². The van der Waals surface area contributed by atoms with Crippen molar-refractivity contribution in [3.63, 3.8) is 0 Å². The predicted octanol–water partition coefficient (Wildman–Crippen LogP) is 3.42.